The van der Waals surface area contributed by atoms with Crippen molar-refractivity contribution in [1.82, 2.24) is 0 Å². The second kappa shape index (κ2) is 5.95. The molecule has 0 saturated heterocycles. The average Bonchev–Trinajstić information content (AvgIpc) is 2.20. The molecular formula is C8H3F15O2. The van der Waals surface area contributed by atoms with Gasteiger partial charge in [0.2, 0.25) is 0 Å². The van der Waals surface area contributed by atoms with Crippen LogP contribution in [0.5, 0.6) is 0 Å². The van der Waals surface area contributed by atoms with Crippen molar-refractivity contribution < 1.29 is 75.3 Å². The van der Waals surface area contributed by atoms with E-state index in [1.807, 2.05) is 4.74 Å². The Bertz CT molecular complexity index is 471. The van der Waals surface area contributed by atoms with Gasteiger partial charge in [0.25, 0.3) is 0 Å². The minimum Gasteiger partial charge on any atom is -0.262 e. The molecule has 0 aliphatic heterocycles. The van der Waals surface area contributed by atoms with E-state index in [1.54, 1.807) is 0 Å². The first-order valence-corrected chi connectivity index (χ1v) is 5.15. The van der Waals surface area contributed by atoms with Gasteiger partial charge in [0.1, 0.15) is 0 Å². The van der Waals surface area contributed by atoms with Crippen LogP contribution in [0.2, 0.25) is 0 Å². The molecule has 0 rings (SSSR count). The molecule has 0 bridgehead atoms. The summed E-state index contributed by atoms with van der Waals surface area (Å²) in [4.78, 5) is 0. The molecule has 152 valence electrons. The van der Waals surface area contributed by atoms with Crippen LogP contribution in [0.15, 0.2) is 0 Å². The Balaban J connectivity index is 6.20. The summed E-state index contributed by atoms with van der Waals surface area (Å²) >= 11 is 0. The van der Waals surface area contributed by atoms with Crippen molar-refractivity contribution in [3.05, 3.63) is 0 Å². The Labute approximate surface area is 126 Å². The number of hydrogen-bond acceptors (Lipinski definition) is 2. The third-order valence-electron chi connectivity index (χ3n) is 2.04. The quantitative estimate of drug-likeness (QED) is 0.552. The standard InChI is InChI=1S/C8H3F15O2/c1-2(9,10)24-8(22,23)4(13,6(17,18)19)25-7(20,21)3(11,12)5(14,15)16/h1H3. The van der Waals surface area contributed by atoms with Crippen molar-refractivity contribution in [2.75, 3.05) is 0 Å². The SMILES string of the molecule is CC(F)(F)OC(F)(F)C(F)(OC(F)(F)C(F)(F)C(F)(F)F)C(F)(F)F. The van der Waals surface area contributed by atoms with Crippen molar-refractivity contribution in [3.8, 4) is 0 Å². The number of alkyl halides is 15. The van der Waals surface area contributed by atoms with Crippen LogP contribution in [0, 0.1) is 0 Å². The van der Waals surface area contributed by atoms with Crippen LogP contribution in [0.1, 0.15) is 6.92 Å². The molecule has 1 unspecified atom stereocenters. The van der Waals surface area contributed by atoms with Gasteiger partial charge in [-0.25, -0.2) is 0 Å². The molecule has 2 nitrogen and oxygen atoms in total. The first-order valence-electron chi connectivity index (χ1n) is 5.15. The summed E-state index contributed by atoms with van der Waals surface area (Å²) in [5, 5.41) is 0. The van der Waals surface area contributed by atoms with E-state index < -0.39 is 49.4 Å². The third-order valence-corrected chi connectivity index (χ3v) is 2.04. The van der Waals surface area contributed by atoms with Gasteiger partial charge in [0.15, 0.2) is 0 Å². The van der Waals surface area contributed by atoms with Crippen LogP contribution >= 0.6 is 0 Å². The van der Waals surface area contributed by atoms with E-state index in [4.69, 9.17) is 0 Å². The molecule has 17 heteroatoms. The minimum absolute atomic E-state index is 0.750. The fraction of sp³-hybridized carbons (Fsp3) is 1.00. The van der Waals surface area contributed by atoms with E-state index in [2.05, 4.69) is 0 Å². The van der Waals surface area contributed by atoms with Gasteiger partial charge >= 0.3 is 42.5 Å². The molecule has 25 heavy (non-hydrogen) atoms. The van der Waals surface area contributed by atoms with E-state index in [0.29, 0.717) is 0 Å². The van der Waals surface area contributed by atoms with Gasteiger partial charge < -0.3 is 0 Å². The molecular weight excluding hydrogens is 413 g/mol. The second-order valence-corrected chi connectivity index (χ2v) is 4.21. The number of hydrogen-bond donors (Lipinski definition) is 0. The summed E-state index contributed by atoms with van der Waals surface area (Å²) in [5.74, 6) is -15.1. The largest absolute Gasteiger partial charge is 0.462 e. The molecule has 0 aliphatic rings. The van der Waals surface area contributed by atoms with Crippen LogP contribution in [0.25, 0.3) is 0 Å². The van der Waals surface area contributed by atoms with Crippen molar-refractivity contribution in [2.24, 2.45) is 0 Å². The van der Waals surface area contributed by atoms with E-state index in [1.165, 1.54) is 4.74 Å². The Hall–Kier alpha value is -1.13. The third kappa shape index (κ3) is 4.53. The van der Waals surface area contributed by atoms with Crippen LogP contribution < -0.4 is 0 Å². The van der Waals surface area contributed by atoms with E-state index in [-0.39, 0.29) is 0 Å². The van der Waals surface area contributed by atoms with Crippen molar-refractivity contribution in [1.29, 1.82) is 0 Å². The summed E-state index contributed by atoms with van der Waals surface area (Å²) in [6.45, 7) is -0.750. The van der Waals surface area contributed by atoms with E-state index >= 15 is 0 Å². The van der Waals surface area contributed by atoms with Crippen LogP contribution in [0.3, 0.4) is 0 Å². The highest BCUT2D eigenvalue weighted by atomic mass is 19.4. The minimum atomic E-state index is -7.62. The van der Waals surface area contributed by atoms with Gasteiger partial charge in [0.05, 0.1) is 0 Å². The predicted molar refractivity (Wildman–Crippen MR) is 43.6 cm³/mol. The van der Waals surface area contributed by atoms with Crippen LogP contribution in [-0.2, 0) is 9.47 Å². The molecule has 0 heterocycles. The Morgan fingerprint density at radius 3 is 1.08 bits per heavy atom. The zero-order valence-electron chi connectivity index (χ0n) is 11.0. The fourth-order valence-corrected chi connectivity index (χ4v) is 0.979. The molecule has 0 amide bonds. The van der Waals surface area contributed by atoms with E-state index in [0.717, 1.165) is 0 Å². The normalized spacial score (nSPS) is 18.2. The molecule has 1 atom stereocenters. The summed E-state index contributed by atoms with van der Waals surface area (Å²) in [6, 6.07) is 0. The highest BCUT2D eigenvalue weighted by molar-refractivity contribution is 4.93. The summed E-state index contributed by atoms with van der Waals surface area (Å²) in [7, 11) is 0. The highest BCUT2D eigenvalue weighted by Crippen LogP contribution is 2.55. The predicted octanol–water partition coefficient (Wildman–Crippen LogP) is 5.24. The van der Waals surface area contributed by atoms with E-state index in [9.17, 15) is 65.9 Å². The van der Waals surface area contributed by atoms with Gasteiger partial charge in [-0.3, -0.25) is 9.47 Å². The maximum Gasteiger partial charge on any atom is 0.462 e. The van der Waals surface area contributed by atoms with Gasteiger partial charge in [-0.05, 0) is 0 Å². The van der Waals surface area contributed by atoms with Crippen molar-refractivity contribution >= 4 is 0 Å². The number of ether oxygens (including phenoxy) is 2. The lowest BCUT2D eigenvalue weighted by atomic mass is 10.2. The molecule has 0 aliphatic carbocycles. The lowest BCUT2D eigenvalue weighted by Gasteiger charge is -2.38. The van der Waals surface area contributed by atoms with Crippen molar-refractivity contribution in [3.63, 3.8) is 0 Å². The first-order chi connectivity index (χ1) is 10.4. The van der Waals surface area contributed by atoms with Gasteiger partial charge in [0, 0.05) is 6.92 Å². The first kappa shape index (κ1) is 23.9. The summed E-state index contributed by atoms with van der Waals surface area (Å²) in [6.07, 6.45) is -35.1. The van der Waals surface area contributed by atoms with Crippen LogP contribution in [0.4, 0.5) is 65.9 Å². The summed E-state index contributed by atoms with van der Waals surface area (Å²) < 4.78 is 189. The van der Waals surface area contributed by atoms with Crippen LogP contribution in [-0.4, -0.2) is 42.5 Å². The lowest BCUT2D eigenvalue weighted by molar-refractivity contribution is -0.548. The zero-order chi connectivity index (χ0) is 20.9. The van der Waals surface area contributed by atoms with Crippen molar-refractivity contribution in [2.45, 2.75) is 49.4 Å². The van der Waals surface area contributed by atoms with Gasteiger partial charge in [-0.2, -0.15) is 65.9 Å². The maximum atomic E-state index is 13.3. The molecule has 0 saturated carbocycles. The highest BCUT2D eigenvalue weighted by Gasteiger charge is 2.84. The average molecular weight is 416 g/mol. The van der Waals surface area contributed by atoms with Gasteiger partial charge in [-0.15, -0.1) is 0 Å². The number of rotatable bonds is 6. The molecule has 0 fully saturated rings. The topological polar surface area (TPSA) is 18.5 Å². The molecule has 0 radical (unpaired) electrons. The monoisotopic (exact) mass is 416 g/mol. The molecule has 0 N–H and O–H groups in total. The Morgan fingerprint density at radius 2 is 0.840 bits per heavy atom. The smallest absolute Gasteiger partial charge is 0.262 e. The lowest BCUT2D eigenvalue weighted by Crippen LogP contribution is -2.66. The second-order valence-electron chi connectivity index (χ2n) is 4.21. The zero-order valence-corrected chi connectivity index (χ0v) is 11.0. The number of halogens is 15. The molecule has 0 aromatic rings. The molecule has 0 aromatic carbocycles. The summed E-state index contributed by atoms with van der Waals surface area (Å²) in [5.41, 5.74) is 0. The van der Waals surface area contributed by atoms with Gasteiger partial charge in [-0.1, -0.05) is 0 Å². The molecule has 0 aromatic heterocycles. The molecule has 0 spiro atoms. The Morgan fingerprint density at radius 1 is 0.480 bits per heavy atom. The fourth-order valence-electron chi connectivity index (χ4n) is 0.979. The maximum absolute atomic E-state index is 13.3. The Kier molecular flexibility index (Phi) is 5.68.